The summed E-state index contributed by atoms with van der Waals surface area (Å²) in [7, 11) is 1.49. The molecule has 7 heteroatoms. The van der Waals surface area contributed by atoms with Gasteiger partial charge in [-0.25, -0.2) is 4.79 Å². The van der Waals surface area contributed by atoms with Crippen LogP contribution < -0.4 is 15.4 Å². The highest BCUT2D eigenvalue weighted by atomic mass is 16.5. The zero-order chi connectivity index (χ0) is 18.9. The lowest BCUT2D eigenvalue weighted by Gasteiger charge is -2.09. The van der Waals surface area contributed by atoms with E-state index in [-0.39, 0.29) is 11.5 Å². The molecular weight excluding hydrogens is 336 g/mol. The summed E-state index contributed by atoms with van der Waals surface area (Å²) in [4.78, 5) is 35.7. The minimum Gasteiger partial charge on any atom is -0.497 e. The molecule has 26 heavy (non-hydrogen) atoms. The Hall–Kier alpha value is -3.35. The van der Waals surface area contributed by atoms with Gasteiger partial charge in [0.2, 0.25) is 0 Å². The standard InChI is InChI=1S/C19H20N2O5/c1-3-20-18(23)13-6-4-8-15(10-13)21-17(22)12-26-19(24)14-7-5-9-16(11-14)25-2/h4-11H,3,12H2,1-2H3,(H,20,23)(H,21,22). The van der Waals surface area contributed by atoms with Gasteiger partial charge in [0, 0.05) is 17.8 Å². The van der Waals surface area contributed by atoms with Crippen molar-refractivity contribution in [3.8, 4) is 5.75 Å². The first-order chi connectivity index (χ1) is 12.5. The largest absolute Gasteiger partial charge is 0.497 e. The summed E-state index contributed by atoms with van der Waals surface area (Å²) < 4.78 is 10.0. The summed E-state index contributed by atoms with van der Waals surface area (Å²) in [5, 5.41) is 5.27. The first-order valence-electron chi connectivity index (χ1n) is 8.02. The molecule has 0 aromatic heterocycles. The van der Waals surface area contributed by atoms with Crippen molar-refractivity contribution in [2.24, 2.45) is 0 Å². The second kappa shape index (κ2) is 9.22. The molecule has 0 saturated heterocycles. The topological polar surface area (TPSA) is 93.7 Å². The fourth-order valence-electron chi connectivity index (χ4n) is 2.16. The van der Waals surface area contributed by atoms with Gasteiger partial charge in [0.25, 0.3) is 11.8 Å². The molecule has 2 aromatic carbocycles. The van der Waals surface area contributed by atoms with Gasteiger partial charge in [-0.15, -0.1) is 0 Å². The molecule has 2 rings (SSSR count). The maximum atomic E-state index is 12.0. The average molecular weight is 356 g/mol. The number of esters is 1. The van der Waals surface area contributed by atoms with Crippen LogP contribution in [0.4, 0.5) is 5.69 Å². The molecule has 7 nitrogen and oxygen atoms in total. The number of ether oxygens (including phenoxy) is 2. The van der Waals surface area contributed by atoms with Crippen LogP contribution in [0, 0.1) is 0 Å². The molecule has 136 valence electrons. The van der Waals surface area contributed by atoms with Gasteiger partial charge in [-0.3, -0.25) is 9.59 Å². The number of nitrogens with one attached hydrogen (secondary N) is 2. The fourth-order valence-corrected chi connectivity index (χ4v) is 2.16. The molecule has 0 aliphatic carbocycles. The van der Waals surface area contributed by atoms with Gasteiger partial charge < -0.3 is 20.1 Å². The molecule has 0 saturated carbocycles. The zero-order valence-corrected chi connectivity index (χ0v) is 14.6. The Morgan fingerprint density at radius 1 is 1.00 bits per heavy atom. The minimum absolute atomic E-state index is 0.229. The highest BCUT2D eigenvalue weighted by Crippen LogP contribution is 2.14. The van der Waals surface area contributed by atoms with Crippen molar-refractivity contribution < 1.29 is 23.9 Å². The summed E-state index contributed by atoms with van der Waals surface area (Å²) in [5.74, 6) is -0.844. The van der Waals surface area contributed by atoms with E-state index < -0.39 is 18.5 Å². The van der Waals surface area contributed by atoms with Crippen molar-refractivity contribution in [1.29, 1.82) is 0 Å². The molecular formula is C19H20N2O5. The van der Waals surface area contributed by atoms with Crippen LogP contribution in [0.3, 0.4) is 0 Å². The normalized spacial score (nSPS) is 9.92. The quantitative estimate of drug-likeness (QED) is 0.742. The molecule has 0 unspecified atom stereocenters. The van der Waals surface area contributed by atoms with Crippen LogP contribution in [0.1, 0.15) is 27.6 Å². The number of anilines is 1. The summed E-state index contributed by atoms with van der Waals surface area (Å²) in [6.45, 7) is 1.89. The monoisotopic (exact) mass is 356 g/mol. The van der Waals surface area contributed by atoms with E-state index in [0.717, 1.165) is 0 Å². The molecule has 2 aromatic rings. The third kappa shape index (κ3) is 5.34. The molecule has 0 aliphatic rings. The van der Waals surface area contributed by atoms with Crippen molar-refractivity contribution in [3.05, 3.63) is 59.7 Å². The summed E-state index contributed by atoms with van der Waals surface area (Å²) >= 11 is 0. The third-order valence-corrected chi connectivity index (χ3v) is 3.39. The molecule has 2 N–H and O–H groups in total. The van der Waals surface area contributed by atoms with Crippen LogP contribution in [0.15, 0.2) is 48.5 Å². The van der Waals surface area contributed by atoms with E-state index in [1.807, 2.05) is 6.92 Å². The van der Waals surface area contributed by atoms with Crippen LogP contribution >= 0.6 is 0 Å². The lowest BCUT2D eigenvalue weighted by molar-refractivity contribution is -0.119. The van der Waals surface area contributed by atoms with Crippen LogP contribution in [0.5, 0.6) is 5.75 Å². The number of carbonyl (C=O) groups is 3. The lowest BCUT2D eigenvalue weighted by Crippen LogP contribution is -2.23. The number of methoxy groups -OCH3 is 1. The van der Waals surface area contributed by atoms with Gasteiger partial charge in [-0.2, -0.15) is 0 Å². The molecule has 0 bridgehead atoms. The predicted octanol–water partition coefficient (Wildman–Crippen LogP) is 2.24. The number of rotatable bonds is 7. The Balaban J connectivity index is 1.91. The van der Waals surface area contributed by atoms with Crippen molar-refractivity contribution in [2.75, 3.05) is 25.6 Å². The van der Waals surface area contributed by atoms with Crippen LogP contribution in [0.25, 0.3) is 0 Å². The van der Waals surface area contributed by atoms with Crippen molar-refractivity contribution in [2.45, 2.75) is 6.92 Å². The smallest absolute Gasteiger partial charge is 0.338 e. The summed E-state index contributed by atoms with van der Waals surface area (Å²) in [6.07, 6.45) is 0. The molecule has 0 fully saturated rings. The number of amides is 2. The summed E-state index contributed by atoms with van der Waals surface area (Å²) in [5.41, 5.74) is 1.16. The highest BCUT2D eigenvalue weighted by Gasteiger charge is 2.12. The van der Waals surface area contributed by atoms with E-state index in [1.165, 1.54) is 13.2 Å². The Labute approximate surface area is 151 Å². The van der Waals surface area contributed by atoms with E-state index in [2.05, 4.69) is 10.6 Å². The molecule has 0 aliphatic heterocycles. The Morgan fingerprint density at radius 2 is 1.73 bits per heavy atom. The molecule has 2 amide bonds. The van der Waals surface area contributed by atoms with Gasteiger partial charge in [0.1, 0.15) is 5.75 Å². The van der Waals surface area contributed by atoms with Gasteiger partial charge in [0.05, 0.1) is 12.7 Å². The van der Waals surface area contributed by atoms with Crippen LogP contribution in [-0.2, 0) is 9.53 Å². The van der Waals surface area contributed by atoms with E-state index >= 15 is 0 Å². The Morgan fingerprint density at radius 3 is 2.46 bits per heavy atom. The lowest BCUT2D eigenvalue weighted by atomic mass is 10.2. The zero-order valence-electron chi connectivity index (χ0n) is 14.6. The summed E-state index contributed by atoms with van der Waals surface area (Å²) in [6, 6.07) is 12.9. The first kappa shape index (κ1) is 19.0. The molecule has 0 radical (unpaired) electrons. The number of carbonyl (C=O) groups excluding carboxylic acids is 3. The van der Waals surface area contributed by atoms with E-state index in [1.54, 1.807) is 42.5 Å². The maximum Gasteiger partial charge on any atom is 0.338 e. The van der Waals surface area contributed by atoms with E-state index in [0.29, 0.717) is 23.5 Å². The maximum absolute atomic E-state index is 12.0. The van der Waals surface area contributed by atoms with E-state index in [9.17, 15) is 14.4 Å². The number of hydrogen-bond donors (Lipinski definition) is 2. The predicted molar refractivity (Wildman–Crippen MR) is 96.4 cm³/mol. The fraction of sp³-hybridized carbons (Fsp3) is 0.211. The molecule has 0 spiro atoms. The van der Waals surface area contributed by atoms with Crippen molar-refractivity contribution >= 4 is 23.5 Å². The minimum atomic E-state index is -0.630. The highest BCUT2D eigenvalue weighted by molar-refractivity contribution is 5.98. The van der Waals surface area contributed by atoms with Crippen LogP contribution in [0.2, 0.25) is 0 Å². The van der Waals surface area contributed by atoms with E-state index in [4.69, 9.17) is 9.47 Å². The SMILES string of the molecule is CCNC(=O)c1cccc(NC(=O)COC(=O)c2cccc(OC)c2)c1. The second-order valence-corrected chi connectivity index (χ2v) is 5.30. The van der Waals surface area contributed by atoms with Crippen molar-refractivity contribution in [3.63, 3.8) is 0 Å². The van der Waals surface area contributed by atoms with Gasteiger partial charge in [0.15, 0.2) is 6.61 Å². The number of benzene rings is 2. The average Bonchev–Trinajstić information content (AvgIpc) is 2.66. The van der Waals surface area contributed by atoms with Gasteiger partial charge in [-0.1, -0.05) is 12.1 Å². The molecule has 0 heterocycles. The Kier molecular flexibility index (Phi) is 6.73. The number of hydrogen-bond acceptors (Lipinski definition) is 5. The molecule has 0 atom stereocenters. The van der Waals surface area contributed by atoms with Gasteiger partial charge in [-0.05, 0) is 43.3 Å². The van der Waals surface area contributed by atoms with Crippen molar-refractivity contribution in [1.82, 2.24) is 5.32 Å². The van der Waals surface area contributed by atoms with Gasteiger partial charge >= 0.3 is 5.97 Å². The second-order valence-electron chi connectivity index (χ2n) is 5.30. The van der Waals surface area contributed by atoms with Crippen LogP contribution in [-0.4, -0.2) is 38.0 Å². The first-order valence-corrected chi connectivity index (χ1v) is 8.02. The third-order valence-electron chi connectivity index (χ3n) is 3.39. The Bertz CT molecular complexity index is 804.